The molecular formula is C16H13Cl2F3N2O. The number of rotatable bonds is 5. The number of ether oxygens (including phenoxy) is 1. The maximum atomic E-state index is 12.9. The lowest BCUT2D eigenvalue weighted by Crippen LogP contribution is -2.17. The summed E-state index contributed by atoms with van der Waals surface area (Å²) < 4.78 is 45.3. The first-order valence-electron chi connectivity index (χ1n) is 6.99. The van der Waals surface area contributed by atoms with Gasteiger partial charge in [0.2, 0.25) is 0 Å². The van der Waals surface area contributed by atoms with Crippen LogP contribution in [0.15, 0.2) is 24.3 Å². The molecule has 1 aromatic heterocycles. The number of hydrogen-bond donors (Lipinski definition) is 0. The summed E-state index contributed by atoms with van der Waals surface area (Å²) in [5, 5.41) is 9.65. The number of benzene rings is 1. The minimum atomic E-state index is -4.46. The first-order chi connectivity index (χ1) is 11.3. The number of hydrogen-bond acceptors (Lipinski definition) is 2. The molecule has 24 heavy (non-hydrogen) atoms. The molecule has 0 fully saturated rings. The summed E-state index contributed by atoms with van der Waals surface area (Å²) >= 11 is 11.9. The first-order valence-corrected chi connectivity index (χ1v) is 7.75. The average Bonchev–Trinajstić information content (AvgIpc) is 2.76. The molecular weight excluding hydrogens is 364 g/mol. The predicted octanol–water partition coefficient (Wildman–Crippen LogP) is 5.43. The third kappa shape index (κ3) is 4.04. The van der Waals surface area contributed by atoms with Crippen LogP contribution in [0.5, 0.6) is 0 Å². The van der Waals surface area contributed by atoms with Crippen LogP contribution in [0.3, 0.4) is 0 Å². The standard InChI is InChI=1S/C16H13Cl2F3N2O/c1-2-24-9-23-13(7-16(19,20)21)14(18)12(8-22)15(23)10-3-5-11(17)6-4-10/h3-6H,2,7,9H2,1H3. The van der Waals surface area contributed by atoms with Crippen molar-refractivity contribution in [2.24, 2.45) is 0 Å². The molecule has 0 aliphatic rings. The Morgan fingerprint density at radius 3 is 2.33 bits per heavy atom. The summed E-state index contributed by atoms with van der Waals surface area (Å²) in [6.07, 6.45) is -5.71. The third-order valence-corrected chi connectivity index (χ3v) is 3.99. The van der Waals surface area contributed by atoms with Crippen LogP contribution in [0.2, 0.25) is 10.0 Å². The Hall–Kier alpha value is -1.68. The molecule has 0 unspecified atom stereocenters. The van der Waals surface area contributed by atoms with Crippen molar-refractivity contribution in [3.63, 3.8) is 0 Å². The van der Waals surface area contributed by atoms with Gasteiger partial charge in [0.1, 0.15) is 12.8 Å². The van der Waals surface area contributed by atoms with E-state index < -0.39 is 12.6 Å². The van der Waals surface area contributed by atoms with Gasteiger partial charge in [0.15, 0.2) is 0 Å². The maximum absolute atomic E-state index is 12.9. The van der Waals surface area contributed by atoms with Gasteiger partial charge in [0.05, 0.1) is 22.7 Å². The second kappa shape index (κ2) is 7.47. The monoisotopic (exact) mass is 376 g/mol. The number of halogens is 5. The molecule has 0 aliphatic carbocycles. The van der Waals surface area contributed by atoms with Crippen LogP contribution < -0.4 is 0 Å². The second-order valence-corrected chi connectivity index (χ2v) is 5.76. The fourth-order valence-corrected chi connectivity index (χ4v) is 2.76. The molecule has 0 aliphatic heterocycles. The van der Waals surface area contributed by atoms with Gasteiger partial charge in [-0.05, 0) is 24.6 Å². The Labute approximate surface area is 147 Å². The van der Waals surface area contributed by atoms with Crippen LogP contribution in [0, 0.1) is 11.3 Å². The zero-order valence-corrected chi connectivity index (χ0v) is 14.1. The average molecular weight is 377 g/mol. The molecule has 8 heteroatoms. The Bertz CT molecular complexity index is 762. The van der Waals surface area contributed by atoms with Crippen LogP contribution in [0.4, 0.5) is 13.2 Å². The highest BCUT2D eigenvalue weighted by Gasteiger charge is 2.34. The molecule has 2 aromatic rings. The van der Waals surface area contributed by atoms with Gasteiger partial charge < -0.3 is 9.30 Å². The molecule has 0 atom stereocenters. The predicted molar refractivity (Wildman–Crippen MR) is 86.0 cm³/mol. The van der Waals surface area contributed by atoms with E-state index in [9.17, 15) is 18.4 Å². The van der Waals surface area contributed by atoms with Gasteiger partial charge in [-0.15, -0.1) is 0 Å². The maximum Gasteiger partial charge on any atom is 0.394 e. The van der Waals surface area contributed by atoms with E-state index >= 15 is 0 Å². The molecule has 1 heterocycles. The van der Waals surface area contributed by atoms with E-state index in [0.717, 1.165) is 0 Å². The number of aromatic nitrogens is 1. The molecule has 0 spiro atoms. The van der Waals surface area contributed by atoms with Gasteiger partial charge in [-0.25, -0.2) is 0 Å². The van der Waals surface area contributed by atoms with Gasteiger partial charge in [-0.1, -0.05) is 35.3 Å². The van der Waals surface area contributed by atoms with E-state index in [4.69, 9.17) is 27.9 Å². The summed E-state index contributed by atoms with van der Waals surface area (Å²) in [5.74, 6) is 0. The van der Waals surface area contributed by atoms with Gasteiger partial charge in [-0.3, -0.25) is 0 Å². The van der Waals surface area contributed by atoms with Crippen molar-refractivity contribution in [2.75, 3.05) is 6.61 Å². The Balaban J connectivity index is 2.69. The van der Waals surface area contributed by atoms with Crippen molar-refractivity contribution in [2.45, 2.75) is 26.3 Å². The minimum Gasteiger partial charge on any atom is -0.361 e. The van der Waals surface area contributed by atoms with E-state index in [-0.39, 0.29) is 28.7 Å². The molecule has 0 bridgehead atoms. The van der Waals surface area contributed by atoms with Gasteiger partial charge in [0, 0.05) is 17.3 Å². The topological polar surface area (TPSA) is 38.0 Å². The summed E-state index contributed by atoms with van der Waals surface area (Å²) in [5.41, 5.74) is 0.606. The van der Waals surface area contributed by atoms with Gasteiger partial charge >= 0.3 is 6.18 Å². The van der Waals surface area contributed by atoms with Crippen molar-refractivity contribution >= 4 is 23.2 Å². The highest BCUT2D eigenvalue weighted by molar-refractivity contribution is 6.33. The number of alkyl halides is 3. The van der Waals surface area contributed by atoms with Crippen molar-refractivity contribution in [3.05, 3.63) is 45.6 Å². The molecule has 0 radical (unpaired) electrons. The van der Waals surface area contributed by atoms with Crippen LogP contribution >= 0.6 is 23.2 Å². The second-order valence-electron chi connectivity index (χ2n) is 4.94. The highest BCUT2D eigenvalue weighted by Crippen LogP contribution is 2.38. The summed E-state index contributed by atoms with van der Waals surface area (Å²) in [6, 6.07) is 8.31. The fraction of sp³-hybridized carbons (Fsp3) is 0.312. The quantitative estimate of drug-likeness (QED) is 0.697. The summed E-state index contributed by atoms with van der Waals surface area (Å²) in [7, 11) is 0. The van der Waals surface area contributed by atoms with Crippen molar-refractivity contribution in [3.8, 4) is 17.3 Å². The lowest BCUT2D eigenvalue weighted by molar-refractivity contribution is -0.128. The zero-order valence-electron chi connectivity index (χ0n) is 12.6. The van der Waals surface area contributed by atoms with E-state index in [0.29, 0.717) is 17.2 Å². The lowest BCUT2D eigenvalue weighted by Gasteiger charge is -2.15. The molecule has 128 valence electrons. The minimum absolute atomic E-state index is 0.0158. The third-order valence-electron chi connectivity index (χ3n) is 3.33. The molecule has 0 amide bonds. The number of nitriles is 1. The zero-order chi connectivity index (χ0) is 17.9. The van der Waals surface area contributed by atoms with Crippen molar-refractivity contribution in [1.29, 1.82) is 5.26 Å². The molecule has 3 nitrogen and oxygen atoms in total. The molecule has 0 saturated heterocycles. The molecule has 0 saturated carbocycles. The molecule has 0 N–H and O–H groups in total. The van der Waals surface area contributed by atoms with Crippen molar-refractivity contribution < 1.29 is 17.9 Å². The van der Waals surface area contributed by atoms with E-state index in [2.05, 4.69) is 0 Å². The molecule has 2 rings (SSSR count). The van der Waals surface area contributed by atoms with Crippen LogP contribution in [0.25, 0.3) is 11.3 Å². The largest absolute Gasteiger partial charge is 0.394 e. The summed E-state index contributed by atoms with van der Waals surface area (Å²) in [6.45, 7) is 1.90. The van der Waals surface area contributed by atoms with Crippen molar-refractivity contribution in [1.82, 2.24) is 4.57 Å². The van der Waals surface area contributed by atoms with Crippen LogP contribution in [-0.2, 0) is 17.9 Å². The SMILES string of the molecule is CCOCn1c(CC(F)(F)F)c(Cl)c(C#N)c1-c1ccc(Cl)cc1. The van der Waals surface area contributed by atoms with E-state index in [1.165, 1.54) is 4.57 Å². The smallest absolute Gasteiger partial charge is 0.361 e. The lowest BCUT2D eigenvalue weighted by atomic mass is 10.1. The summed E-state index contributed by atoms with van der Waals surface area (Å²) in [4.78, 5) is 0. The van der Waals surface area contributed by atoms with Gasteiger partial charge in [-0.2, -0.15) is 18.4 Å². The van der Waals surface area contributed by atoms with Crippen LogP contribution in [0.1, 0.15) is 18.2 Å². The number of nitrogens with zero attached hydrogens (tertiary/aromatic N) is 2. The first kappa shape index (κ1) is 18.7. The fourth-order valence-electron chi connectivity index (χ4n) is 2.33. The Kier molecular flexibility index (Phi) is 5.81. The van der Waals surface area contributed by atoms with Crippen LogP contribution in [-0.4, -0.2) is 17.4 Å². The molecule has 1 aromatic carbocycles. The highest BCUT2D eigenvalue weighted by atomic mass is 35.5. The normalized spacial score (nSPS) is 11.5. The Morgan fingerprint density at radius 2 is 1.83 bits per heavy atom. The van der Waals surface area contributed by atoms with Gasteiger partial charge in [0.25, 0.3) is 0 Å². The van der Waals surface area contributed by atoms with E-state index in [1.807, 2.05) is 6.07 Å². The van der Waals surface area contributed by atoms with E-state index in [1.54, 1.807) is 31.2 Å². The Morgan fingerprint density at radius 1 is 1.21 bits per heavy atom.